The molecule has 1 aromatic rings. The summed E-state index contributed by atoms with van der Waals surface area (Å²) in [7, 11) is 1.55. The number of amides is 1. The van der Waals surface area contributed by atoms with E-state index in [1.54, 1.807) is 20.9 Å². The van der Waals surface area contributed by atoms with Gasteiger partial charge in [-0.2, -0.15) is 5.10 Å². The van der Waals surface area contributed by atoms with Crippen LogP contribution >= 0.6 is 0 Å². The first-order chi connectivity index (χ1) is 6.86. The van der Waals surface area contributed by atoms with Crippen LogP contribution in [-0.2, 0) is 7.05 Å². The number of carbonyl (C=O) groups is 1. The van der Waals surface area contributed by atoms with Crippen LogP contribution in [0.4, 0.5) is 5.69 Å². The monoisotopic (exact) mass is 212 g/mol. The molecule has 1 rings (SSSR count). The predicted molar refractivity (Wildman–Crippen MR) is 52.5 cm³/mol. The molecule has 82 valence electrons. The third kappa shape index (κ3) is 1.80. The highest BCUT2D eigenvalue weighted by Gasteiger charge is 2.30. The highest BCUT2D eigenvalue weighted by atomic mass is 16.6. The minimum atomic E-state index is -0.885. The van der Waals surface area contributed by atoms with Gasteiger partial charge in [-0.3, -0.25) is 19.6 Å². The van der Waals surface area contributed by atoms with Gasteiger partial charge in [-0.25, -0.2) is 0 Å². The first-order valence-electron chi connectivity index (χ1n) is 4.37. The second-order valence-corrected chi connectivity index (χ2v) is 3.48. The molecule has 0 aliphatic heterocycles. The Hall–Kier alpha value is -1.92. The minimum Gasteiger partial charge on any atom is -0.364 e. The van der Waals surface area contributed by atoms with Crippen molar-refractivity contribution in [2.45, 2.75) is 19.8 Å². The molecule has 0 aromatic carbocycles. The summed E-state index contributed by atoms with van der Waals surface area (Å²) in [4.78, 5) is 21.1. The standard InChI is InChI=1S/C8H12N4O3/c1-4(2)6-7(12(14)15)5(8(9)13)10-11(6)3/h4H,1-3H3,(H2,9,13). The Balaban J connectivity index is 3.51. The number of hydrogen-bond donors (Lipinski definition) is 1. The maximum absolute atomic E-state index is 11.0. The molecule has 1 heterocycles. The second kappa shape index (κ2) is 3.68. The largest absolute Gasteiger partial charge is 0.364 e. The molecule has 0 aliphatic rings. The van der Waals surface area contributed by atoms with E-state index in [4.69, 9.17) is 5.73 Å². The van der Waals surface area contributed by atoms with E-state index in [0.717, 1.165) is 0 Å². The van der Waals surface area contributed by atoms with Crippen molar-refractivity contribution in [1.29, 1.82) is 0 Å². The van der Waals surface area contributed by atoms with Gasteiger partial charge >= 0.3 is 5.69 Å². The van der Waals surface area contributed by atoms with Crippen LogP contribution < -0.4 is 5.73 Å². The number of nitro groups is 1. The van der Waals surface area contributed by atoms with Gasteiger partial charge in [0.25, 0.3) is 5.91 Å². The lowest BCUT2D eigenvalue weighted by Gasteiger charge is -2.03. The lowest BCUT2D eigenvalue weighted by molar-refractivity contribution is -0.386. The molecule has 1 amide bonds. The molecule has 0 fully saturated rings. The topological polar surface area (TPSA) is 104 Å². The van der Waals surface area contributed by atoms with Gasteiger partial charge in [0.1, 0.15) is 5.69 Å². The summed E-state index contributed by atoms with van der Waals surface area (Å²) in [5, 5.41) is 14.6. The molecule has 0 atom stereocenters. The quantitative estimate of drug-likeness (QED) is 0.583. The van der Waals surface area contributed by atoms with Crippen LogP contribution in [0.15, 0.2) is 0 Å². The number of aromatic nitrogens is 2. The molecule has 7 nitrogen and oxygen atoms in total. The van der Waals surface area contributed by atoms with E-state index in [9.17, 15) is 14.9 Å². The van der Waals surface area contributed by atoms with Crippen molar-refractivity contribution >= 4 is 11.6 Å². The smallest absolute Gasteiger partial charge is 0.323 e. The normalized spacial score (nSPS) is 10.7. The molecule has 0 unspecified atom stereocenters. The van der Waals surface area contributed by atoms with E-state index in [1.165, 1.54) is 4.68 Å². The Kier molecular flexibility index (Phi) is 2.74. The highest BCUT2D eigenvalue weighted by Crippen LogP contribution is 2.28. The van der Waals surface area contributed by atoms with Crippen molar-refractivity contribution < 1.29 is 9.72 Å². The van der Waals surface area contributed by atoms with Gasteiger partial charge < -0.3 is 5.73 Å². The van der Waals surface area contributed by atoms with E-state index < -0.39 is 10.8 Å². The fourth-order valence-electron chi connectivity index (χ4n) is 1.52. The summed E-state index contributed by atoms with van der Waals surface area (Å²) in [6.45, 7) is 3.57. The summed E-state index contributed by atoms with van der Waals surface area (Å²) in [6.07, 6.45) is 0. The molecule has 2 N–H and O–H groups in total. The molecular formula is C8H12N4O3. The molecular weight excluding hydrogens is 200 g/mol. The third-order valence-electron chi connectivity index (χ3n) is 2.03. The van der Waals surface area contributed by atoms with E-state index in [0.29, 0.717) is 5.69 Å². The zero-order valence-corrected chi connectivity index (χ0v) is 8.72. The zero-order chi connectivity index (χ0) is 11.7. The SMILES string of the molecule is CC(C)c1c([N+](=O)[O-])c(C(N)=O)nn1C. The van der Waals surface area contributed by atoms with Gasteiger partial charge in [0, 0.05) is 13.0 Å². The molecule has 0 saturated heterocycles. The average molecular weight is 212 g/mol. The number of hydrogen-bond acceptors (Lipinski definition) is 4. The fraction of sp³-hybridized carbons (Fsp3) is 0.500. The fourth-order valence-corrected chi connectivity index (χ4v) is 1.52. The van der Waals surface area contributed by atoms with Crippen LogP contribution in [0.3, 0.4) is 0 Å². The molecule has 0 spiro atoms. The number of nitrogens with two attached hydrogens (primary N) is 1. The zero-order valence-electron chi connectivity index (χ0n) is 8.72. The van der Waals surface area contributed by atoms with E-state index >= 15 is 0 Å². The first kappa shape index (κ1) is 11.2. The summed E-state index contributed by atoms with van der Waals surface area (Å²) >= 11 is 0. The lowest BCUT2D eigenvalue weighted by atomic mass is 10.1. The van der Waals surface area contributed by atoms with Crippen LogP contribution in [0.5, 0.6) is 0 Å². The van der Waals surface area contributed by atoms with Crippen molar-refractivity contribution in [3.8, 4) is 0 Å². The van der Waals surface area contributed by atoms with E-state index in [2.05, 4.69) is 5.10 Å². The first-order valence-corrected chi connectivity index (χ1v) is 4.37. The Morgan fingerprint density at radius 1 is 1.60 bits per heavy atom. The molecule has 0 aliphatic carbocycles. The van der Waals surface area contributed by atoms with Crippen molar-refractivity contribution in [2.24, 2.45) is 12.8 Å². The van der Waals surface area contributed by atoms with Crippen molar-refractivity contribution in [1.82, 2.24) is 9.78 Å². The van der Waals surface area contributed by atoms with Gasteiger partial charge in [-0.15, -0.1) is 0 Å². The highest BCUT2D eigenvalue weighted by molar-refractivity contribution is 5.95. The average Bonchev–Trinajstić information content (AvgIpc) is 2.42. The van der Waals surface area contributed by atoms with Gasteiger partial charge in [0.2, 0.25) is 5.69 Å². The second-order valence-electron chi connectivity index (χ2n) is 3.48. The van der Waals surface area contributed by atoms with Gasteiger partial charge in [-0.05, 0) is 0 Å². The van der Waals surface area contributed by atoms with Crippen LogP contribution in [0, 0.1) is 10.1 Å². The summed E-state index contributed by atoms with van der Waals surface area (Å²) in [5.41, 5.74) is 4.83. The molecule has 0 bridgehead atoms. The number of primary amides is 1. The maximum Gasteiger partial charge on any atom is 0.323 e. The number of nitrogens with zero attached hydrogens (tertiary/aromatic N) is 3. The van der Waals surface area contributed by atoms with Crippen LogP contribution in [-0.4, -0.2) is 20.6 Å². The van der Waals surface area contributed by atoms with E-state index in [1.807, 2.05) is 0 Å². The molecule has 0 saturated carbocycles. The van der Waals surface area contributed by atoms with Crippen molar-refractivity contribution in [2.75, 3.05) is 0 Å². The number of aryl methyl sites for hydroxylation is 1. The molecule has 7 heteroatoms. The summed E-state index contributed by atoms with van der Waals surface area (Å²) in [6, 6.07) is 0. The van der Waals surface area contributed by atoms with Crippen LogP contribution in [0.1, 0.15) is 35.9 Å². The Labute approximate surface area is 86.0 Å². The molecule has 1 aromatic heterocycles. The van der Waals surface area contributed by atoms with Crippen molar-refractivity contribution in [3.63, 3.8) is 0 Å². The Morgan fingerprint density at radius 3 is 2.47 bits per heavy atom. The van der Waals surface area contributed by atoms with Gasteiger partial charge in [0.15, 0.2) is 0 Å². The summed E-state index contributed by atoms with van der Waals surface area (Å²) < 4.78 is 1.32. The third-order valence-corrected chi connectivity index (χ3v) is 2.03. The molecule has 15 heavy (non-hydrogen) atoms. The Morgan fingerprint density at radius 2 is 2.13 bits per heavy atom. The minimum absolute atomic E-state index is 0.101. The lowest BCUT2D eigenvalue weighted by Crippen LogP contribution is -2.13. The predicted octanol–water partition coefficient (Wildman–Crippen LogP) is 0.551. The van der Waals surface area contributed by atoms with Crippen LogP contribution in [0.25, 0.3) is 0 Å². The number of carbonyl (C=O) groups excluding carboxylic acids is 1. The maximum atomic E-state index is 11.0. The van der Waals surface area contributed by atoms with Crippen molar-refractivity contribution in [3.05, 3.63) is 21.5 Å². The van der Waals surface area contributed by atoms with E-state index in [-0.39, 0.29) is 17.3 Å². The molecule has 0 radical (unpaired) electrons. The van der Waals surface area contributed by atoms with Gasteiger partial charge in [-0.1, -0.05) is 13.8 Å². The number of rotatable bonds is 3. The van der Waals surface area contributed by atoms with Crippen LogP contribution in [0.2, 0.25) is 0 Å². The Bertz CT molecular complexity index is 422. The van der Waals surface area contributed by atoms with Gasteiger partial charge in [0.05, 0.1) is 4.92 Å². The summed E-state index contributed by atoms with van der Waals surface area (Å²) in [5.74, 6) is -0.986.